The first-order valence-corrected chi connectivity index (χ1v) is 6.05. The van der Waals surface area contributed by atoms with Crippen LogP contribution >= 0.6 is 0 Å². The number of aliphatic hydroxyl groups excluding tert-OH is 1. The molecule has 0 aromatic heterocycles. The summed E-state index contributed by atoms with van der Waals surface area (Å²) in [7, 11) is 0. The van der Waals surface area contributed by atoms with Gasteiger partial charge in [0.2, 0.25) is 5.91 Å². The number of hydrogen-bond acceptors (Lipinski definition) is 3. The smallest absolute Gasteiger partial charge is 0.395 e. The molecule has 1 unspecified atom stereocenters. The molecule has 4 nitrogen and oxygen atoms in total. The molecule has 1 amide bonds. The Morgan fingerprint density at radius 3 is 2.39 bits per heavy atom. The summed E-state index contributed by atoms with van der Waals surface area (Å²) in [5.74, 6) is -0.287. The fraction of sp³-hybridized carbons (Fsp3) is 0.909. The van der Waals surface area contributed by atoms with Crippen LogP contribution in [0.3, 0.4) is 0 Å². The van der Waals surface area contributed by atoms with Gasteiger partial charge in [0, 0.05) is 19.6 Å². The molecule has 18 heavy (non-hydrogen) atoms. The van der Waals surface area contributed by atoms with E-state index in [0.717, 1.165) is 17.7 Å². The first-order chi connectivity index (χ1) is 8.35. The van der Waals surface area contributed by atoms with Crippen LogP contribution in [0.4, 0.5) is 13.2 Å². The number of nitrogens with zero attached hydrogens (tertiary/aromatic N) is 2. The Hall–Kier alpha value is -0.820. The van der Waals surface area contributed by atoms with Crippen molar-refractivity contribution >= 4 is 5.91 Å². The quantitative estimate of drug-likeness (QED) is 0.804. The molecule has 0 aromatic carbocycles. The molecular formula is C11H19F3N2O2. The summed E-state index contributed by atoms with van der Waals surface area (Å²) in [6, 6.07) is -0.850. The largest absolute Gasteiger partial charge is 0.401 e. The van der Waals surface area contributed by atoms with Gasteiger partial charge in [0.1, 0.15) is 0 Å². The molecule has 7 heteroatoms. The van der Waals surface area contributed by atoms with Crippen molar-refractivity contribution in [3.8, 4) is 0 Å². The van der Waals surface area contributed by atoms with Crippen LogP contribution in [0.5, 0.6) is 0 Å². The highest BCUT2D eigenvalue weighted by Gasteiger charge is 2.36. The lowest BCUT2D eigenvalue weighted by atomic mass is 10.2. The molecule has 0 radical (unpaired) electrons. The molecule has 1 rings (SSSR count). The number of halogens is 3. The van der Waals surface area contributed by atoms with Gasteiger partial charge in [-0.05, 0) is 19.8 Å². The molecule has 1 heterocycles. The number of aliphatic hydroxyl groups is 1. The first kappa shape index (κ1) is 15.2. The monoisotopic (exact) mass is 268 g/mol. The van der Waals surface area contributed by atoms with E-state index in [1.165, 1.54) is 6.92 Å². The molecule has 1 fully saturated rings. The van der Waals surface area contributed by atoms with Gasteiger partial charge in [-0.1, -0.05) is 0 Å². The summed E-state index contributed by atoms with van der Waals surface area (Å²) in [6.07, 6.45) is -2.57. The van der Waals surface area contributed by atoms with Crippen molar-refractivity contribution in [3.05, 3.63) is 0 Å². The van der Waals surface area contributed by atoms with Gasteiger partial charge in [-0.15, -0.1) is 0 Å². The Labute approximate surface area is 104 Å². The predicted molar refractivity (Wildman–Crippen MR) is 60.0 cm³/mol. The Morgan fingerprint density at radius 1 is 1.39 bits per heavy atom. The molecule has 0 bridgehead atoms. The third kappa shape index (κ3) is 4.45. The first-order valence-electron chi connectivity index (χ1n) is 6.05. The van der Waals surface area contributed by atoms with Crippen LogP contribution in [0.15, 0.2) is 0 Å². The standard InChI is InChI=1S/C11H19F3N2O2/c1-9(10(18)15-4-2-3-5-15)16(6-7-17)8-11(12,13)14/h9,17H,2-8H2,1H3. The van der Waals surface area contributed by atoms with E-state index < -0.39 is 25.4 Å². The zero-order valence-corrected chi connectivity index (χ0v) is 10.4. The Morgan fingerprint density at radius 2 is 1.94 bits per heavy atom. The minimum atomic E-state index is -4.37. The van der Waals surface area contributed by atoms with Crippen molar-refractivity contribution < 1.29 is 23.1 Å². The van der Waals surface area contributed by atoms with Gasteiger partial charge in [0.25, 0.3) is 0 Å². The van der Waals surface area contributed by atoms with Crippen LogP contribution in [0.1, 0.15) is 19.8 Å². The average Bonchev–Trinajstić information content (AvgIpc) is 2.78. The summed E-state index contributed by atoms with van der Waals surface area (Å²) < 4.78 is 37.1. The molecule has 0 aromatic rings. The number of rotatable bonds is 5. The lowest BCUT2D eigenvalue weighted by Crippen LogP contribution is -2.50. The van der Waals surface area contributed by atoms with E-state index in [0.29, 0.717) is 13.1 Å². The van der Waals surface area contributed by atoms with E-state index in [1.54, 1.807) is 4.90 Å². The summed E-state index contributed by atoms with van der Waals surface area (Å²) in [4.78, 5) is 14.5. The van der Waals surface area contributed by atoms with Gasteiger partial charge in [-0.3, -0.25) is 9.69 Å². The van der Waals surface area contributed by atoms with E-state index in [2.05, 4.69) is 0 Å². The highest BCUT2D eigenvalue weighted by Crippen LogP contribution is 2.19. The maximum atomic E-state index is 12.4. The molecule has 0 aliphatic carbocycles. The summed E-state index contributed by atoms with van der Waals surface area (Å²) in [6.45, 7) is 0.967. The third-order valence-corrected chi connectivity index (χ3v) is 3.09. The van der Waals surface area contributed by atoms with Gasteiger partial charge in [-0.2, -0.15) is 13.2 Å². The average molecular weight is 268 g/mol. The lowest BCUT2D eigenvalue weighted by Gasteiger charge is -2.31. The highest BCUT2D eigenvalue weighted by atomic mass is 19.4. The van der Waals surface area contributed by atoms with E-state index >= 15 is 0 Å². The van der Waals surface area contributed by atoms with Crippen LogP contribution in [0, 0.1) is 0 Å². The SMILES string of the molecule is CC(C(=O)N1CCCC1)N(CCO)CC(F)(F)F. The van der Waals surface area contributed by atoms with Gasteiger partial charge in [-0.25, -0.2) is 0 Å². The molecular weight excluding hydrogens is 249 g/mol. The van der Waals surface area contributed by atoms with Crippen molar-refractivity contribution in [1.82, 2.24) is 9.80 Å². The minimum Gasteiger partial charge on any atom is -0.395 e. The van der Waals surface area contributed by atoms with Crippen molar-refractivity contribution in [2.24, 2.45) is 0 Å². The number of alkyl halides is 3. The van der Waals surface area contributed by atoms with Crippen molar-refractivity contribution in [2.45, 2.75) is 32.0 Å². The van der Waals surface area contributed by atoms with E-state index in [9.17, 15) is 18.0 Å². The topological polar surface area (TPSA) is 43.8 Å². The number of carbonyl (C=O) groups is 1. The van der Waals surface area contributed by atoms with Crippen molar-refractivity contribution in [3.63, 3.8) is 0 Å². The zero-order valence-electron chi connectivity index (χ0n) is 10.4. The van der Waals surface area contributed by atoms with E-state index in [1.807, 2.05) is 0 Å². The molecule has 0 spiro atoms. The molecule has 1 aliphatic heterocycles. The maximum Gasteiger partial charge on any atom is 0.401 e. The van der Waals surface area contributed by atoms with Crippen LogP contribution in [0.2, 0.25) is 0 Å². The van der Waals surface area contributed by atoms with Crippen LogP contribution in [-0.4, -0.2) is 65.8 Å². The zero-order chi connectivity index (χ0) is 13.8. The Kier molecular flexibility index (Phi) is 5.40. The molecule has 1 N–H and O–H groups in total. The van der Waals surface area contributed by atoms with Gasteiger partial charge < -0.3 is 10.0 Å². The van der Waals surface area contributed by atoms with Crippen LogP contribution in [-0.2, 0) is 4.79 Å². The predicted octanol–water partition coefficient (Wildman–Crippen LogP) is 0.854. The van der Waals surface area contributed by atoms with E-state index in [-0.39, 0.29) is 12.5 Å². The second kappa shape index (κ2) is 6.38. The van der Waals surface area contributed by atoms with E-state index in [4.69, 9.17) is 5.11 Å². The number of carbonyl (C=O) groups excluding carboxylic acids is 1. The molecule has 0 saturated carbocycles. The fourth-order valence-corrected chi connectivity index (χ4v) is 2.13. The van der Waals surface area contributed by atoms with Gasteiger partial charge >= 0.3 is 6.18 Å². The summed E-state index contributed by atoms with van der Waals surface area (Å²) >= 11 is 0. The minimum absolute atomic E-state index is 0.153. The fourth-order valence-electron chi connectivity index (χ4n) is 2.13. The summed E-state index contributed by atoms with van der Waals surface area (Å²) in [5.41, 5.74) is 0. The number of amides is 1. The Balaban J connectivity index is 2.62. The molecule has 1 saturated heterocycles. The van der Waals surface area contributed by atoms with Crippen molar-refractivity contribution in [2.75, 3.05) is 32.8 Å². The number of likely N-dealkylation sites (tertiary alicyclic amines) is 1. The second-order valence-electron chi connectivity index (χ2n) is 4.52. The van der Waals surface area contributed by atoms with Gasteiger partial charge in [0.15, 0.2) is 0 Å². The number of hydrogen-bond donors (Lipinski definition) is 1. The van der Waals surface area contributed by atoms with Crippen LogP contribution < -0.4 is 0 Å². The van der Waals surface area contributed by atoms with Crippen molar-refractivity contribution in [1.29, 1.82) is 0 Å². The lowest BCUT2D eigenvalue weighted by molar-refractivity contribution is -0.158. The normalized spacial score (nSPS) is 18.4. The molecule has 1 atom stereocenters. The second-order valence-corrected chi connectivity index (χ2v) is 4.52. The molecule has 106 valence electrons. The third-order valence-electron chi connectivity index (χ3n) is 3.09. The Bertz CT molecular complexity index is 278. The van der Waals surface area contributed by atoms with Crippen LogP contribution in [0.25, 0.3) is 0 Å². The van der Waals surface area contributed by atoms with Gasteiger partial charge in [0.05, 0.1) is 19.2 Å². The highest BCUT2D eigenvalue weighted by molar-refractivity contribution is 5.81. The maximum absolute atomic E-state index is 12.4. The summed E-state index contributed by atoms with van der Waals surface area (Å²) in [5, 5.41) is 8.80. The molecule has 1 aliphatic rings.